The molecule has 0 radical (unpaired) electrons. The van der Waals surface area contributed by atoms with Gasteiger partial charge in [-0.1, -0.05) is 18.2 Å². The van der Waals surface area contributed by atoms with Crippen molar-refractivity contribution in [3.05, 3.63) is 36.3 Å². The monoisotopic (exact) mass is 253 g/mol. The van der Waals surface area contributed by atoms with Gasteiger partial charge in [-0.15, -0.1) is 0 Å². The quantitative estimate of drug-likeness (QED) is 0.725. The predicted molar refractivity (Wildman–Crippen MR) is 74.2 cm³/mol. The largest absolute Gasteiger partial charge is 0.381 e. The zero-order valence-electron chi connectivity index (χ0n) is 10.6. The van der Waals surface area contributed by atoms with Gasteiger partial charge in [0, 0.05) is 24.5 Å². The van der Waals surface area contributed by atoms with Crippen LogP contribution in [-0.2, 0) is 4.74 Å². The molecular weight excluding hydrogens is 238 g/mol. The second-order valence-corrected chi connectivity index (χ2v) is 5.05. The number of benzene rings is 1. The molecule has 0 spiro atoms. The maximum absolute atomic E-state index is 5.41. The Bertz CT molecular complexity index is 728. The van der Waals surface area contributed by atoms with Crippen LogP contribution in [0.1, 0.15) is 24.6 Å². The molecule has 96 valence electrons. The van der Waals surface area contributed by atoms with Crippen molar-refractivity contribution in [1.82, 2.24) is 15.0 Å². The van der Waals surface area contributed by atoms with Gasteiger partial charge in [0.1, 0.15) is 5.82 Å². The van der Waals surface area contributed by atoms with Crippen LogP contribution in [-0.4, -0.2) is 28.2 Å². The summed E-state index contributed by atoms with van der Waals surface area (Å²) in [7, 11) is 0. The molecule has 2 aromatic heterocycles. The lowest BCUT2D eigenvalue weighted by molar-refractivity contribution is 0.0838. The van der Waals surface area contributed by atoms with Gasteiger partial charge >= 0.3 is 0 Å². The minimum absolute atomic E-state index is 0.486. The average Bonchev–Trinajstić information content (AvgIpc) is 2.93. The second kappa shape index (κ2) is 4.31. The van der Waals surface area contributed by atoms with Gasteiger partial charge in [0.05, 0.1) is 22.7 Å². The number of H-pyrrole nitrogens is 1. The maximum Gasteiger partial charge on any atom is 0.110 e. The van der Waals surface area contributed by atoms with E-state index in [1.54, 1.807) is 0 Å². The number of ether oxygens (including phenoxy) is 1. The summed E-state index contributed by atoms with van der Waals surface area (Å²) in [6.07, 6.45) is 3.98. The first kappa shape index (κ1) is 10.9. The number of hydrogen-bond acceptors (Lipinski definition) is 3. The molecule has 0 atom stereocenters. The van der Waals surface area contributed by atoms with E-state index in [2.05, 4.69) is 16.0 Å². The van der Waals surface area contributed by atoms with Crippen LogP contribution < -0.4 is 0 Å². The lowest BCUT2D eigenvalue weighted by Crippen LogP contribution is -2.15. The van der Waals surface area contributed by atoms with Crippen LogP contribution in [0.4, 0.5) is 0 Å². The van der Waals surface area contributed by atoms with Crippen LogP contribution in [0.25, 0.3) is 21.9 Å². The Balaban J connectivity index is 1.88. The Morgan fingerprint density at radius 2 is 2.00 bits per heavy atom. The summed E-state index contributed by atoms with van der Waals surface area (Å²) >= 11 is 0. The van der Waals surface area contributed by atoms with Crippen LogP contribution in [0.5, 0.6) is 0 Å². The summed E-state index contributed by atoms with van der Waals surface area (Å²) in [5.41, 5.74) is 3.06. The number of pyridine rings is 1. The SMILES string of the molecule is c1ccc2c(c1)ncc1[nH]c(C3CCOCC3)nc12. The van der Waals surface area contributed by atoms with Gasteiger partial charge < -0.3 is 9.72 Å². The molecule has 1 aliphatic rings. The molecule has 4 heteroatoms. The van der Waals surface area contributed by atoms with Crippen molar-refractivity contribution < 1.29 is 4.74 Å². The van der Waals surface area contributed by atoms with Crippen molar-refractivity contribution in [3.63, 3.8) is 0 Å². The summed E-state index contributed by atoms with van der Waals surface area (Å²) in [6, 6.07) is 8.15. The Hall–Kier alpha value is -1.94. The number of nitrogens with one attached hydrogen (secondary N) is 1. The normalized spacial score (nSPS) is 17.3. The number of rotatable bonds is 1. The van der Waals surface area contributed by atoms with E-state index in [1.807, 2.05) is 24.4 Å². The molecule has 0 amide bonds. The lowest BCUT2D eigenvalue weighted by Gasteiger charge is -2.19. The highest BCUT2D eigenvalue weighted by atomic mass is 16.5. The maximum atomic E-state index is 5.41. The Labute approximate surface area is 110 Å². The highest BCUT2D eigenvalue weighted by molar-refractivity contribution is 6.01. The van der Waals surface area contributed by atoms with E-state index in [1.165, 1.54) is 0 Å². The van der Waals surface area contributed by atoms with Gasteiger partial charge in [0.2, 0.25) is 0 Å². The minimum Gasteiger partial charge on any atom is -0.381 e. The fourth-order valence-electron chi connectivity index (χ4n) is 2.79. The molecule has 19 heavy (non-hydrogen) atoms. The van der Waals surface area contributed by atoms with Gasteiger partial charge in [0.15, 0.2) is 0 Å². The van der Waals surface area contributed by atoms with E-state index in [0.717, 1.165) is 53.8 Å². The van der Waals surface area contributed by atoms with E-state index in [0.29, 0.717) is 5.92 Å². The standard InChI is InChI=1S/C15H15N3O/c1-2-4-12-11(3-1)14-13(9-16-12)17-15(18-14)10-5-7-19-8-6-10/h1-4,9-10H,5-8H2,(H,17,18). The Morgan fingerprint density at radius 1 is 1.16 bits per heavy atom. The molecule has 1 N–H and O–H groups in total. The zero-order valence-corrected chi connectivity index (χ0v) is 10.6. The third kappa shape index (κ3) is 1.79. The van der Waals surface area contributed by atoms with Crippen molar-refractivity contribution >= 4 is 21.9 Å². The number of nitrogens with zero attached hydrogens (tertiary/aromatic N) is 2. The third-order valence-electron chi connectivity index (χ3n) is 3.85. The Kier molecular flexibility index (Phi) is 2.48. The van der Waals surface area contributed by atoms with E-state index < -0.39 is 0 Å². The van der Waals surface area contributed by atoms with Gasteiger partial charge in [-0.25, -0.2) is 4.98 Å². The molecule has 3 aromatic rings. The molecule has 4 rings (SSSR count). The van der Waals surface area contributed by atoms with Crippen LogP contribution in [0.15, 0.2) is 30.5 Å². The van der Waals surface area contributed by atoms with E-state index in [9.17, 15) is 0 Å². The molecular formula is C15H15N3O. The summed E-state index contributed by atoms with van der Waals surface area (Å²) < 4.78 is 5.41. The zero-order chi connectivity index (χ0) is 12.7. The fourth-order valence-corrected chi connectivity index (χ4v) is 2.79. The molecule has 1 aliphatic heterocycles. The predicted octanol–water partition coefficient (Wildman–Crippen LogP) is 3.01. The molecule has 3 heterocycles. The molecule has 1 fully saturated rings. The molecule has 0 saturated carbocycles. The number of aromatic amines is 1. The van der Waals surface area contributed by atoms with E-state index in [-0.39, 0.29) is 0 Å². The van der Waals surface area contributed by atoms with Crippen LogP contribution in [0.3, 0.4) is 0 Å². The molecule has 4 nitrogen and oxygen atoms in total. The number of para-hydroxylation sites is 1. The number of imidazole rings is 1. The van der Waals surface area contributed by atoms with Gasteiger partial charge in [-0.3, -0.25) is 4.98 Å². The van der Waals surface area contributed by atoms with Crippen molar-refractivity contribution in [1.29, 1.82) is 0 Å². The number of aromatic nitrogens is 3. The summed E-state index contributed by atoms with van der Waals surface area (Å²) in [4.78, 5) is 12.7. The Morgan fingerprint density at radius 3 is 2.89 bits per heavy atom. The van der Waals surface area contributed by atoms with E-state index >= 15 is 0 Å². The minimum atomic E-state index is 0.486. The third-order valence-corrected chi connectivity index (χ3v) is 3.85. The topological polar surface area (TPSA) is 50.8 Å². The van der Waals surface area contributed by atoms with Crippen LogP contribution in [0.2, 0.25) is 0 Å². The average molecular weight is 253 g/mol. The first-order chi connectivity index (χ1) is 9.42. The summed E-state index contributed by atoms with van der Waals surface area (Å²) in [6.45, 7) is 1.67. The number of hydrogen-bond donors (Lipinski definition) is 1. The first-order valence-corrected chi connectivity index (χ1v) is 6.73. The summed E-state index contributed by atoms with van der Waals surface area (Å²) in [5, 5.41) is 1.12. The molecule has 1 saturated heterocycles. The summed E-state index contributed by atoms with van der Waals surface area (Å²) in [5.74, 6) is 1.57. The van der Waals surface area contributed by atoms with E-state index in [4.69, 9.17) is 9.72 Å². The number of fused-ring (bicyclic) bond motifs is 3. The smallest absolute Gasteiger partial charge is 0.110 e. The molecule has 0 aliphatic carbocycles. The van der Waals surface area contributed by atoms with Crippen molar-refractivity contribution in [2.24, 2.45) is 0 Å². The molecule has 0 unspecified atom stereocenters. The highest BCUT2D eigenvalue weighted by Crippen LogP contribution is 2.28. The second-order valence-electron chi connectivity index (χ2n) is 5.05. The van der Waals surface area contributed by atoms with Gasteiger partial charge in [-0.05, 0) is 18.9 Å². The van der Waals surface area contributed by atoms with Crippen molar-refractivity contribution in [2.45, 2.75) is 18.8 Å². The molecule has 1 aromatic carbocycles. The van der Waals surface area contributed by atoms with Crippen molar-refractivity contribution in [3.8, 4) is 0 Å². The lowest BCUT2D eigenvalue weighted by atomic mass is 10.00. The fraction of sp³-hybridized carbons (Fsp3) is 0.333. The first-order valence-electron chi connectivity index (χ1n) is 6.73. The van der Waals surface area contributed by atoms with Gasteiger partial charge in [0.25, 0.3) is 0 Å². The highest BCUT2D eigenvalue weighted by Gasteiger charge is 2.19. The molecule has 0 bridgehead atoms. The van der Waals surface area contributed by atoms with Crippen molar-refractivity contribution in [2.75, 3.05) is 13.2 Å². The van der Waals surface area contributed by atoms with Crippen LogP contribution in [0, 0.1) is 0 Å². The van der Waals surface area contributed by atoms with Gasteiger partial charge in [-0.2, -0.15) is 0 Å². The van der Waals surface area contributed by atoms with Crippen LogP contribution >= 0.6 is 0 Å².